The van der Waals surface area contributed by atoms with Gasteiger partial charge in [0.15, 0.2) is 11.5 Å². The lowest BCUT2D eigenvalue weighted by molar-refractivity contribution is 0.0729. The molecule has 0 atom stereocenters. The van der Waals surface area contributed by atoms with Crippen molar-refractivity contribution in [2.24, 2.45) is 5.10 Å². The van der Waals surface area contributed by atoms with Gasteiger partial charge in [-0.05, 0) is 48.0 Å². The standard InChI is InChI=1S/C21H17N5O3/c1-28-19-11-14(8-9-18(19)29-20(27)15-5-4-10-22-13-15)12-23-26-21-24-16-6-2-3-7-17(16)25-21/h2-13H,1H3,(H2,24,25,26)/b23-12+. The van der Waals surface area contributed by atoms with Crippen LogP contribution in [0.3, 0.4) is 0 Å². The molecule has 8 heteroatoms. The summed E-state index contributed by atoms with van der Waals surface area (Å²) in [6.45, 7) is 0. The van der Waals surface area contributed by atoms with Crippen LogP contribution < -0.4 is 14.9 Å². The van der Waals surface area contributed by atoms with Crippen molar-refractivity contribution in [2.75, 3.05) is 12.5 Å². The van der Waals surface area contributed by atoms with Crippen LogP contribution in [0.1, 0.15) is 15.9 Å². The Morgan fingerprint density at radius 3 is 2.83 bits per heavy atom. The fourth-order valence-electron chi connectivity index (χ4n) is 2.66. The lowest BCUT2D eigenvalue weighted by atomic mass is 10.2. The molecule has 0 saturated heterocycles. The van der Waals surface area contributed by atoms with Crippen LogP contribution >= 0.6 is 0 Å². The molecule has 2 N–H and O–H groups in total. The summed E-state index contributed by atoms with van der Waals surface area (Å²) < 4.78 is 10.7. The Morgan fingerprint density at radius 2 is 2.03 bits per heavy atom. The van der Waals surface area contributed by atoms with Crippen LogP contribution in [-0.2, 0) is 0 Å². The van der Waals surface area contributed by atoms with Gasteiger partial charge in [-0.15, -0.1) is 0 Å². The van der Waals surface area contributed by atoms with E-state index in [1.165, 1.54) is 13.3 Å². The summed E-state index contributed by atoms with van der Waals surface area (Å²) in [6.07, 6.45) is 4.65. The molecule has 0 amide bonds. The zero-order chi connectivity index (χ0) is 20.1. The number of aromatic amines is 1. The molecule has 144 valence electrons. The molecule has 2 aromatic carbocycles. The number of nitrogens with one attached hydrogen (secondary N) is 2. The van der Waals surface area contributed by atoms with Crippen molar-refractivity contribution in [3.05, 3.63) is 78.1 Å². The third-order valence-electron chi connectivity index (χ3n) is 4.06. The highest BCUT2D eigenvalue weighted by Crippen LogP contribution is 2.28. The molecular formula is C21H17N5O3. The van der Waals surface area contributed by atoms with Crippen LogP contribution in [0.25, 0.3) is 11.0 Å². The maximum absolute atomic E-state index is 12.2. The van der Waals surface area contributed by atoms with Gasteiger partial charge >= 0.3 is 5.97 Å². The van der Waals surface area contributed by atoms with Gasteiger partial charge in [0, 0.05) is 12.4 Å². The normalized spacial score (nSPS) is 10.9. The number of anilines is 1. The van der Waals surface area contributed by atoms with Crippen LogP contribution in [0, 0.1) is 0 Å². The third kappa shape index (κ3) is 4.22. The number of para-hydroxylation sites is 2. The van der Waals surface area contributed by atoms with Crippen LogP contribution in [0.5, 0.6) is 11.5 Å². The first-order valence-corrected chi connectivity index (χ1v) is 8.77. The fraction of sp³-hybridized carbons (Fsp3) is 0.0476. The molecule has 0 aliphatic rings. The average molecular weight is 387 g/mol. The molecule has 4 aromatic rings. The van der Waals surface area contributed by atoms with E-state index in [2.05, 4.69) is 25.5 Å². The Morgan fingerprint density at radius 1 is 1.14 bits per heavy atom. The number of hydrogen-bond donors (Lipinski definition) is 2. The highest BCUT2D eigenvalue weighted by atomic mass is 16.6. The summed E-state index contributed by atoms with van der Waals surface area (Å²) in [5.74, 6) is 0.750. The molecule has 0 bridgehead atoms. The van der Waals surface area contributed by atoms with Gasteiger partial charge in [0.25, 0.3) is 0 Å². The van der Waals surface area contributed by atoms with E-state index in [9.17, 15) is 4.79 Å². The molecule has 0 unspecified atom stereocenters. The van der Waals surface area contributed by atoms with E-state index in [1.54, 1.807) is 42.7 Å². The summed E-state index contributed by atoms with van der Waals surface area (Å²) in [5, 5.41) is 4.18. The Kier molecular flexibility index (Phi) is 5.15. The van der Waals surface area contributed by atoms with E-state index in [0.717, 1.165) is 16.6 Å². The molecule has 0 aliphatic heterocycles. The number of rotatable bonds is 6. The number of carbonyl (C=O) groups is 1. The predicted octanol–water partition coefficient (Wildman–Crippen LogP) is 3.63. The number of aromatic nitrogens is 3. The van der Waals surface area contributed by atoms with Gasteiger partial charge < -0.3 is 14.5 Å². The Labute approximate surface area is 166 Å². The molecular weight excluding hydrogens is 370 g/mol. The lowest BCUT2D eigenvalue weighted by Gasteiger charge is -2.09. The molecule has 0 radical (unpaired) electrons. The van der Waals surface area contributed by atoms with Crippen molar-refractivity contribution in [2.45, 2.75) is 0 Å². The third-order valence-corrected chi connectivity index (χ3v) is 4.06. The summed E-state index contributed by atoms with van der Waals surface area (Å²) in [7, 11) is 1.50. The maximum Gasteiger partial charge on any atom is 0.345 e. The van der Waals surface area contributed by atoms with Crippen molar-refractivity contribution in [1.82, 2.24) is 15.0 Å². The van der Waals surface area contributed by atoms with Gasteiger partial charge in [-0.3, -0.25) is 4.98 Å². The van der Waals surface area contributed by atoms with E-state index in [-0.39, 0.29) is 0 Å². The molecule has 2 heterocycles. The first kappa shape index (κ1) is 18.2. The van der Waals surface area contributed by atoms with E-state index in [0.29, 0.717) is 23.0 Å². The van der Waals surface area contributed by atoms with Crippen LogP contribution in [-0.4, -0.2) is 34.2 Å². The second-order valence-corrected chi connectivity index (χ2v) is 6.01. The largest absolute Gasteiger partial charge is 0.493 e. The average Bonchev–Trinajstić information content (AvgIpc) is 3.18. The van der Waals surface area contributed by atoms with E-state index in [1.807, 2.05) is 24.3 Å². The first-order chi connectivity index (χ1) is 14.2. The number of pyridine rings is 1. The molecule has 0 saturated carbocycles. The van der Waals surface area contributed by atoms with Gasteiger partial charge in [-0.25, -0.2) is 15.2 Å². The zero-order valence-corrected chi connectivity index (χ0v) is 15.5. The summed E-state index contributed by atoms with van der Waals surface area (Å²) >= 11 is 0. The SMILES string of the molecule is COc1cc(/C=N/Nc2nc3ccccc3[nH]2)ccc1OC(=O)c1cccnc1. The van der Waals surface area contributed by atoms with Crippen molar-refractivity contribution in [1.29, 1.82) is 0 Å². The van der Waals surface area contributed by atoms with Gasteiger partial charge in [-0.2, -0.15) is 5.10 Å². The maximum atomic E-state index is 12.2. The number of fused-ring (bicyclic) bond motifs is 1. The van der Waals surface area contributed by atoms with Crippen molar-refractivity contribution >= 4 is 29.2 Å². The second-order valence-electron chi connectivity index (χ2n) is 6.01. The summed E-state index contributed by atoms with van der Waals surface area (Å²) in [6, 6.07) is 16.1. The summed E-state index contributed by atoms with van der Waals surface area (Å²) in [4.78, 5) is 23.6. The van der Waals surface area contributed by atoms with Crippen molar-refractivity contribution < 1.29 is 14.3 Å². The number of hydrazone groups is 1. The number of hydrogen-bond acceptors (Lipinski definition) is 7. The lowest BCUT2D eigenvalue weighted by Crippen LogP contribution is -2.09. The molecule has 4 rings (SSSR count). The molecule has 0 fully saturated rings. The molecule has 0 aliphatic carbocycles. The molecule has 0 spiro atoms. The number of nitrogens with zero attached hydrogens (tertiary/aromatic N) is 3. The van der Waals surface area contributed by atoms with Crippen molar-refractivity contribution in [3.8, 4) is 11.5 Å². The van der Waals surface area contributed by atoms with Gasteiger partial charge in [0.1, 0.15) is 0 Å². The molecule has 8 nitrogen and oxygen atoms in total. The quantitative estimate of drug-likeness (QED) is 0.227. The van der Waals surface area contributed by atoms with E-state index < -0.39 is 5.97 Å². The van der Waals surface area contributed by atoms with E-state index in [4.69, 9.17) is 9.47 Å². The van der Waals surface area contributed by atoms with Gasteiger partial charge in [0.05, 0.1) is 29.9 Å². The van der Waals surface area contributed by atoms with E-state index >= 15 is 0 Å². The molecule has 2 aromatic heterocycles. The fourth-order valence-corrected chi connectivity index (χ4v) is 2.66. The Hall–Kier alpha value is -4.20. The topological polar surface area (TPSA) is 101 Å². The van der Waals surface area contributed by atoms with Crippen LogP contribution in [0.4, 0.5) is 5.95 Å². The minimum absolute atomic E-state index is 0.309. The minimum Gasteiger partial charge on any atom is -0.493 e. The molecule has 29 heavy (non-hydrogen) atoms. The number of benzene rings is 2. The smallest absolute Gasteiger partial charge is 0.345 e. The highest BCUT2D eigenvalue weighted by molar-refractivity contribution is 5.91. The van der Waals surface area contributed by atoms with Crippen molar-refractivity contribution in [3.63, 3.8) is 0 Å². The summed E-state index contributed by atoms with van der Waals surface area (Å²) in [5.41, 5.74) is 5.75. The number of methoxy groups -OCH3 is 1. The Balaban J connectivity index is 1.45. The van der Waals surface area contributed by atoms with Gasteiger partial charge in [-0.1, -0.05) is 12.1 Å². The predicted molar refractivity (Wildman–Crippen MR) is 109 cm³/mol. The highest BCUT2D eigenvalue weighted by Gasteiger charge is 2.12. The first-order valence-electron chi connectivity index (χ1n) is 8.77. The van der Waals surface area contributed by atoms with Gasteiger partial charge in [0.2, 0.25) is 5.95 Å². The second kappa shape index (κ2) is 8.22. The number of carbonyl (C=O) groups excluding carboxylic acids is 1. The zero-order valence-electron chi connectivity index (χ0n) is 15.5. The monoisotopic (exact) mass is 387 g/mol. The number of imidazole rings is 1. The number of ether oxygens (including phenoxy) is 2. The Bertz CT molecular complexity index is 1140. The van der Waals surface area contributed by atoms with Crippen LogP contribution in [0.2, 0.25) is 0 Å². The number of esters is 1. The minimum atomic E-state index is -0.510. The number of H-pyrrole nitrogens is 1. The van der Waals surface area contributed by atoms with Crippen LogP contribution in [0.15, 0.2) is 72.1 Å².